The minimum Gasteiger partial charge on any atom is -0.334 e. The van der Waals surface area contributed by atoms with E-state index < -0.39 is 11.6 Å². The second-order valence-electron chi connectivity index (χ2n) is 7.94. The Morgan fingerprint density at radius 1 is 1.24 bits per heavy atom. The van der Waals surface area contributed by atoms with E-state index in [1.54, 1.807) is 16.2 Å². The van der Waals surface area contributed by atoms with Gasteiger partial charge in [-0.15, -0.1) is 11.3 Å². The van der Waals surface area contributed by atoms with Crippen molar-refractivity contribution in [1.82, 2.24) is 15.1 Å². The van der Waals surface area contributed by atoms with Crippen LogP contribution >= 0.6 is 11.3 Å². The van der Waals surface area contributed by atoms with Crippen molar-refractivity contribution in [1.29, 1.82) is 0 Å². The highest BCUT2D eigenvalue weighted by Gasteiger charge is 2.54. The molecule has 152 valence electrons. The fourth-order valence-electron chi connectivity index (χ4n) is 4.25. The third-order valence-electron chi connectivity index (χ3n) is 5.77. The van der Waals surface area contributed by atoms with Crippen molar-refractivity contribution in [3.8, 4) is 0 Å². The molecule has 4 amide bonds. The molecule has 0 saturated carbocycles. The third kappa shape index (κ3) is 3.44. The second kappa shape index (κ2) is 7.63. The Morgan fingerprint density at radius 2 is 2.00 bits per heavy atom. The molecule has 1 aliphatic carbocycles. The summed E-state index contributed by atoms with van der Waals surface area (Å²) in [6, 6.07) is 11.1. The normalized spacial score (nSPS) is 20.9. The molecule has 1 fully saturated rings. The van der Waals surface area contributed by atoms with Gasteiger partial charge in [-0.2, -0.15) is 0 Å². The highest BCUT2D eigenvalue weighted by molar-refractivity contribution is 7.10. The number of imide groups is 1. The highest BCUT2D eigenvalue weighted by atomic mass is 32.1. The summed E-state index contributed by atoms with van der Waals surface area (Å²) < 4.78 is 0. The van der Waals surface area contributed by atoms with Crippen LogP contribution in [0.1, 0.15) is 42.7 Å². The Balaban J connectivity index is 1.54. The Hall–Kier alpha value is -2.67. The van der Waals surface area contributed by atoms with Gasteiger partial charge in [0.05, 0.1) is 0 Å². The Morgan fingerprint density at radius 3 is 2.72 bits per heavy atom. The number of thiophene rings is 1. The zero-order valence-electron chi connectivity index (χ0n) is 16.7. The maximum atomic E-state index is 13.3. The fourth-order valence-corrected chi connectivity index (χ4v) is 5.25. The summed E-state index contributed by atoms with van der Waals surface area (Å²) in [5.74, 6) is -0.538. The summed E-state index contributed by atoms with van der Waals surface area (Å²) >= 11 is 1.62. The molecule has 1 saturated heterocycles. The molecule has 2 heterocycles. The van der Waals surface area contributed by atoms with Crippen molar-refractivity contribution < 1.29 is 14.4 Å². The molecule has 0 bridgehead atoms. The first-order valence-corrected chi connectivity index (χ1v) is 10.8. The van der Waals surface area contributed by atoms with E-state index in [0.29, 0.717) is 13.0 Å². The molecule has 7 heteroatoms. The van der Waals surface area contributed by atoms with Gasteiger partial charge in [0.25, 0.3) is 5.91 Å². The number of fused-ring (bicyclic) bond motifs is 2. The second-order valence-corrected chi connectivity index (χ2v) is 8.94. The number of benzene rings is 1. The van der Waals surface area contributed by atoms with Crippen molar-refractivity contribution in [2.45, 2.75) is 51.2 Å². The molecule has 1 atom stereocenters. The zero-order chi connectivity index (χ0) is 20.6. The summed E-state index contributed by atoms with van der Waals surface area (Å²) in [6.45, 7) is 4.08. The lowest BCUT2D eigenvalue weighted by atomic mass is 9.80. The van der Waals surface area contributed by atoms with Gasteiger partial charge >= 0.3 is 6.03 Å². The quantitative estimate of drug-likeness (QED) is 0.768. The van der Waals surface area contributed by atoms with Crippen LogP contribution in [0.15, 0.2) is 41.8 Å². The third-order valence-corrected chi connectivity index (χ3v) is 6.75. The van der Waals surface area contributed by atoms with Crippen LogP contribution < -0.4 is 5.32 Å². The zero-order valence-corrected chi connectivity index (χ0v) is 17.5. The van der Waals surface area contributed by atoms with E-state index in [1.807, 2.05) is 55.6 Å². The maximum absolute atomic E-state index is 13.3. The van der Waals surface area contributed by atoms with Gasteiger partial charge < -0.3 is 10.2 Å². The standard InChI is InChI=1S/C22H25N3O3S/c1-15(2)24(13-16-7-4-3-5-8-16)19(26)14-25-20(27)22(23-21(25)28)11-6-9-18-17(22)10-12-29-18/h3-5,7-8,10,12,15H,6,9,11,13-14H2,1-2H3,(H,23,28). The SMILES string of the molecule is CC(C)N(Cc1ccccc1)C(=O)CN1C(=O)NC2(CCCc3sccc32)C1=O. The predicted molar refractivity (Wildman–Crippen MR) is 111 cm³/mol. The van der Waals surface area contributed by atoms with Crippen LogP contribution in [0, 0.1) is 0 Å². The minimum absolute atomic E-state index is 0.0458. The Bertz CT molecular complexity index is 940. The van der Waals surface area contributed by atoms with E-state index in [-0.39, 0.29) is 24.4 Å². The molecule has 2 aliphatic rings. The van der Waals surface area contributed by atoms with Crippen LogP contribution in [-0.2, 0) is 28.1 Å². The number of nitrogens with zero attached hydrogens (tertiary/aromatic N) is 2. The van der Waals surface area contributed by atoms with Gasteiger partial charge in [-0.25, -0.2) is 4.79 Å². The molecule has 1 unspecified atom stereocenters. The van der Waals surface area contributed by atoms with E-state index in [1.165, 1.54) is 0 Å². The van der Waals surface area contributed by atoms with Crippen molar-refractivity contribution in [3.63, 3.8) is 0 Å². The number of carbonyl (C=O) groups is 3. The van der Waals surface area contributed by atoms with Gasteiger partial charge in [0.15, 0.2) is 0 Å². The molecular weight excluding hydrogens is 386 g/mol. The van der Waals surface area contributed by atoms with Crippen LogP contribution in [0.5, 0.6) is 0 Å². The lowest BCUT2D eigenvalue weighted by Gasteiger charge is -2.31. The maximum Gasteiger partial charge on any atom is 0.325 e. The van der Waals surface area contributed by atoms with Crippen LogP contribution in [0.25, 0.3) is 0 Å². The van der Waals surface area contributed by atoms with Crippen LogP contribution in [0.2, 0.25) is 0 Å². The smallest absolute Gasteiger partial charge is 0.325 e. The van der Waals surface area contributed by atoms with Gasteiger partial charge in [-0.1, -0.05) is 30.3 Å². The number of amides is 4. The van der Waals surface area contributed by atoms with Crippen molar-refractivity contribution in [2.24, 2.45) is 0 Å². The van der Waals surface area contributed by atoms with Crippen LogP contribution in [0.3, 0.4) is 0 Å². The molecule has 1 aromatic carbocycles. The Kier molecular flexibility index (Phi) is 5.17. The summed E-state index contributed by atoms with van der Waals surface area (Å²) in [4.78, 5) is 43.0. The molecule has 1 aliphatic heterocycles. The van der Waals surface area contributed by atoms with E-state index >= 15 is 0 Å². The number of carbonyl (C=O) groups excluding carboxylic acids is 3. The van der Waals surface area contributed by atoms with Gasteiger partial charge in [-0.05, 0) is 50.1 Å². The Labute approximate surface area is 174 Å². The van der Waals surface area contributed by atoms with Crippen LogP contribution in [0.4, 0.5) is 4.79 Å². The summed E-state index contributed by atoms with van der Waals surface area (Å²) in [5.41, 5.74) is 0.901. The first-order chi connectivity index (χ1) is 13.9. The fraction of sp³-hybridized carbons (Fsp3) is 0.409. The van der Waals surface area contributed by atoms with Crippen molar-refractivity contribution in [2.75, 3.05) is 6.54 Å². The molecule has 1 spiro atoms. The predicted octanol–water partition coefficient (Wildman–Crippen LogP) is 3.27. The first-order valence-electron chi connectivity index (χ1n) is 9.97. The molecule has 6 nitrogen and oxygen atoms in total. The van der Waals surface area contributed by atoms with Gasteiger partial charge in [0.2, 0.25) is 5.91 Å². The average molecular weight is 412 g/mol. The molecule has 1 aromatic heterocycles. The molecule has 0 radical (unpaired) electrons. The molecular formula is C22H25N3O3S. The molecule has 29 heavy (non-hydrogen) atoms. The molecule has 1 N–H and O–H groups in total. The van der Waals surface area contributed by atoms with Gasteiger partial charge in [0, 0.05) is 23.0 Å². The number of urea groups is 1. The highest BCUT2D eigenvalue weighted by Crippen LogP contribution is 2.42. The number of rotatable bonds is 5. The molecule has 4 rings (SSSR count). The summed E-state index contributed by atoms with van der Waals surface area (Å²) in [5, 5.41) is 4.87. The van der Waals surface area contributed by atoms with Crippen molar-refractivity contribution >= 4 is 29.2 Å². The minimum atomic E-state index is -1.01. The summed E-state index contributed by atoms with van der Waals surface area (Å²) in [7, 11) is 0. The topological polar surface area (TPSA) is 69.7 Å². The van der Waals surface area contributed by atoms with E-state index in [9.17, 15) is 14.4 Å². The number of nitrogens with one attached hydrogen (secondary N) is 1. The summed E-state index contributed by atoms with van der Waals surface area (Å²) in [6.07, 6.45) is 2.34. The average Bonchev–Trinajstić information content (AvgIpc) is 3.27. The van der Waals surface area contributed by atoms with Crippen molar-refractivity contribution in [3.05, 3.63) is 57.8 Å². The van der Waals surface area contributed by atoms with E-state index in [2.05, 4.69) is 5.32 Å². The number of aryl methyl sites for hydroxylation is 1. The molecule has 2 aromatic rings. The van der Waals surface area contributed by atoms with Gasteiger partial charge in [0.1, 0.15) is 12.1 Å². The number of hydrogen-bond acceptors (Lipinski definition) is 4. The van der Waals surface area contributed by atoms with E-state index in [0.717, 1.165) is 33.7 Å². The lowest BCUT2D eigenvalue weighted by Crippen LogP contribution is -2.48. The monoisotopic (exact) mass is 411 g/mol. The largest absolute Gasteiger partial charge is 0.334 e. The van der Waals surface area contributed by atoms with Gasteiger partial charge in [-0.3, -0.25) is 14.5 Å². The first kappa shape index (κ1) is 19.6. The van der Waals surface area contributed by atoms with Crippen LogP contribution in [-0.4, -0.2) is 40.2 Å². The number of hydrogen-bond donors (Lipinski definition) is 1. The lowest BCUT2D eigenvalue weighted by molar-refractivity contribution is -0.140. The van der Waals surface area contributed by atoms with E-state index in [4.69, 9.17) is 0 Å².